The molecular formula is C13H27NO. The van der Waals surface area contributed by atoms with Crippen molar-refractivity contribution < 1.29 is 4.74 Å². The van der Waals surface area contributed by atoms with Gasteiger partial charge in [0, 0.05) is 12.6 Å². The van der Waals surface area contributed by atoms with E-state index in [4.69, 9.17) is 4.74 Å². The molecule has 90 valence electrons. The zero-order valence-electron chi connectivity index (χ0n) is 10.6. The molecule has 1 aliphatic carbocycles. The summed E-state index contributed by atoms with van der Waals surface area (Å²) in [4.78, 5) is 0. The van der Waals surface area contributed by atoms with Crippen LogP contribution in [0.2, 0.25) is 0 Å². The van der Waals surface area contributed by atoms with E-state index in [1.165, 1.54) is 19.3 Å². The van der Waals surface area contributed by atoms with Crippen molar-refractivity contribution in [3.05, 3.63) is 0 Å². The molecule has 1 fully saturated rings. The van der Waals surface area contributed by atoms with E-state index in [9.17, 15) is 0 Å². The second kappa shape index (κ2) is 7.24. The smallest absolute Gasteiger partial charge is 0.0622 e. The largest absolute Gasteiger partial charge is 0.380 e. The Bertz CT molecular complexity index is 161. The van der Waals surface area contributed by atoms with Crippen LogP contribution >= 0.6 is 0 Å². The first kappa shape index (κ1) is 13.0. The van der Waals surface area contributed by atoms with Crippen molar-refractivity contribution in [2.75, 3.05) is 19.8 Å². The maximum Gasteiger partial charge on any atom is 0.0622 e. The fourth-order valence-corrected chi connectivity index (χ4v) is 2.72. The maximum absolute atomic E-state index is 5.70. The van der Waals surface area contributed by atoms with Crippen LogP contribution in [-0.2, 0) is 4.74 Å². The van der Waals surface area contributed by atoms with E-state index in [1.54, 1.807) is 0 Å². The SMILES string of the molecule is CCCOCC(NCC)C1CCCC1C. The normalized spacial score (nSPS) is 28.2. The summed E-state index contributed by atoms with van der Waals surface area (Å²) in [6.07, 6.45) is 5.31. The van der Waals surface area contributed by atoms with Crippen LogP contribution in [-0.4, -0.2) is 25.8 Å². The molecule has 15 heavy (non-hydrogen) atoms. The zero-order chi connectivity index (χ0) is 11.1. The van der Waals surface area contributed by atoms with Crippen LogP contribution in [0.1, 0.15) is 46.5 Å². The highest BCUT2D eigenvalue weighted by molar-refractivity contribution is 4.84. The summed E-state index contributed by atoms with van der Waals surface area (Å²) in [7, 11) is 0. The zero-order valence-corrected chi connectivity index (χ0v) is 10.6. The summed E-state index contributed by atoms with van der Waals surface area (Å²) >= 11 is 0. The minimum absolute atomic E-state index is 0.582. The minimum Gasteiger partial charge on any atom is -0.380 e. The predicted molar refractivity (Wildman–Crippen MR) is 65.1 cm³/mol. The highest BCUT2D eigenvalue weighted by Crippen LogP contribution is 2.33. The Balaban J connectivity index is 2.34. The Morgan fingerprint density at radius 1 is 1.33 bits per heavy atom. The van der Waals surface area contributed by atoms with Crippen molar-refractivity contribution in [1.29, 1.82) is 0 Å². The molecule has 1 aliphatic rings. The maximum atomic E-state index is 5.70. The molecule has 0 spiro atoms. The molecule has 1 saturated carbocycles. The van der Waals surface area contributed by atoms with Crippen molar-refractivity contribution in [2.24, 2.45) is 11.8 Å². The molecule has 0 aromatic carbocycles. The van der Waals surface area contributed by atoms with Crippen molar-refractivity contribution in [3.63, 3.8) is 0 Å². The lowest BCUT2D eigenvalue weighted by molar-refractivity contribution is 0.0873. The molecule has 2 heteroatoms. The van der Waals surface area contributed by atoms with Gasteiger partial charge in [-0.2, -0.15) is 0 Å². The lowest BCUT2D eigenvalue weighted by Crippen LogP contribution is -2.41. The van der Waals surface area contributed by atoms with Crippen LogP contribution in [0, 0.1) is 11.8 Å². The lowest BCUT2D eigenvalue weighted by atomic mass is 9.90. The minimum atomic E-state index is 0.582. The molecule has 1 N–H and O–H groups in total. The number of hydrogen-bond donors (Lipinski definition) is 1. The molecule has 0 bridgehead atoms. The second-order valence-electron chi connectivity index (χ2n) is 4.81. The third-order valence-electron chi connectivity index (χ3n) is 3.56. The van der Waals surface area contributed by atoms with E-state index >= 15 is 0 Å². The number of hydrogen-bond acceptors (Lipinski definition) is 2. The molecule has 0 radical (unpaired) electrons. The van der Waals surface area contributed by atoms with Crippen LogP contribution in [0.25, 0.3) is 0 Å². The van der Waals surface area contributed by atoms with Crippen molar-refractivity contribution in [2.45, 2.75) is 52.5 Å². The molecule has 0 aromatic rings. The monoisotopic (exact) mass is 213 g/mol. The van der Waals surface area contributed by atoms with Gasteiger partial charge in [0.15, 0.2) is 0 Å². The number of rotatable bonds is 7. The Kier molecular flexibility index (Phi) is 6.26. The molecule has 0 heterocycles. The van der Waals surface area contributed by atoms with Gasteiger partial charge >= 0.3 is 0 Å². The lowest BCUT2D eigenvalue weighted by Gasteiger charge is -2.27. The van der Waals surface area contributed by atoms with Crippen LogP contribution in [0.3, 0.4) is 0 Å². The first-order chi connectivity index (χ1) is 7.29. The third kappa shape index (κ3) is 4.12. The second-order valence-corrected chi connectivity index (χ2v) is 4.81. The standard InChI is InChI=1S/C13H27NO/c1-4-9-15-10-13(14-5-2)12-8-6-7-11(12)3/h11-14H,4-10H2,1-3H3. The number of ether oxygens (including phenoxy) is 1. The van der Waals surface area contributed by atoms with Crippen LogP contribution in [0.5, 0.6) is 0 Å². The van der Waals surface area contributed by atoms with E-state index < -0.39 is 0 Å². The van der Waals surface area contributed by atoms with Gasteiger partial charge in [0.2, 0.25) is 0 Å². The number of nitrogens with one attached hydrogen (secondary N) is 1. The Morgan fingerprint density at radius 3 is 2.67 bits per heavy atom. The van der Waals surface area contributed by atoms with Gasteiger partial charge in [-0.25, -0.2) is 0 Å². The van der Waals surface area contributed by atoms with Crippen molar-refractivity contribution >= 4 is 0 Å². The highest BCUT2D eigenvalue weighted by Gasteiger charge is 2.30. The van der Waals surface area contributed by atoms with Crippen molar-refractivity contribution in [3.8, 4) is 0 Å². The van der Waals surface area contributed by atoms with Crippen LogP contribution in [0.15, 0.2) is 0 Å². The van der Waals surface area contributed by atoms with Gasteiger partial charge < -0.3 is 10.1 Å². The highest BCUT2D eigenvalue weighted by atomic mass is 16.5. The summed E-state index contributed by atoms with van der Waals surface area (Å²) in [5.74, 6) is 1.71. The molecule has 0 amide bonds. The Labute approximate surface area is 94.8 Å². The molecule has 1 rings (SSSR count). The molecule has 0 aromatic heterocycles. The molecule has 0 saturated heterocycles. The third-order valence-corrected chi connectivity index (χ3v) is 3.56. The van der Waals surface area contributed by atoms with Gasteiger partial charge in [0.05, 0.1) is 6.61 Å². The van der Waals surface area contributed by atoms with E-state index in [0.717, 1.165) is 38.0 Å². The van der Waals surface area contributed by atoms with E-state index in [1.807, 2.05) is 0 Å². The molecule has 2 nitrogen and oxygen atoms in total. The summed E-state index contributed by atoms with van der Waals surface area (Å²) in [6, 6.07) is 0.582. The van der Waals surface area contributed by atoms with Gasteiger partial charge in [-0.05, 0) is 31.2 Å². The molecule has 3 atom stereocenters. The van der Waals surface area contributed by atoms with E-state index in [2.05, 4.69) is 26.1 Å². The van der Waals surface area contributed by atoms with Crippen LogP contribution < -0.4 is 5.32 Å². The number of likely N-dealkylation sites (N-methyl/N-ethyl adjacent to an activating group) is 1. The van der Waals surface area contributed by atoms with E-state index in [-0.39, 0.29) is 0 Å². The summed E-state index contributed by atoms with van der Waals surface area (Å²) < 4.78 is 5.70. The summed E-state index contributed by atoms with van der Waals surface area (Å²) in [5.41, 5.74) is 0. The Morgan fingerprint density at radius 2 is 2.13 bits per heavy atom. The average Bonchev–Trinajstić information content (AvgIpc) is 2.64. The van der Waals surface area contributed by atoms with Gasteiger partial charge in [0.25, 0.3) is 0 Å². The van der Waals surface area contributed by atoms with Gasteiger partial charge in [-0.3, -0.25) is 0 Å². The van der Waals surface area contributed by atoms with Gasteiger partial charge in [-0.15, -0.1) is 0 Å². The summed E-state index contributed by atoms with van der Waals surface area (Å²) in [6.45, 7) is 9.61. The van der Waals surface area contributed by atoms with E-state index in [0.29, 0.717) is 6.04 Å². The quantitative estimate of drug-likeness (QED) is 0.657. The molecule has 3 unspecified atom stereocenters. The van der Waals surface area contributed by atoms with Gasteiger partial charge in [-0.1, -0.05) is 33.6 Å². The average molecular weight is 213 g/mol. The predicted octanol–water partition coefficient (Wildman–Crippen LogP) is 2.83. The molecular weight excluding hydrogens is 186 g/mol. The first-order valence-corrected chi connectivity index (χ1v) is 6.60. The fraction of sp³-hybridized carbons (Fsp3) is 1.00. The van der Waals surface area contributed by atoms with Crippen LogP contribution in [0.4, 0.5) is 0 Å². The summed E-state index contributed by atoms with van der Waals surface area (Å²) in [5, 5.41) is 3.59. The van der Waals surface area contributed by atoms with Crippen molar-refractivity contribution in [1.82, 2.24) is 5.32 Å². The molecule has 0 aliphatic heterocycles. The topological polar surface area (TPSA) is 21.3 Å². The fourth-order valence-electron chi connectivity index (χ4n) is 2.72. The van der Waals surface area contributed by atoms with Gasteiger partial charge in [0.1, 0.15) is 0 Å². The first-order valence-electron chi connectivity index (χ1n) is 6.60. The Hall–Kier alpha value is -0.0800.